The number of ether oxygens (including phenoxy) is 3. The summed E-state index contributed by atoms with van der Waals surface area (Å²) in [7, 11) is -3.37. The van der Waals surface area contributed by atoms with Crippen LogP contribution in [0.2, 0.25) is 0 Å². The van der Waals surface area contributed by atoms with Crippen LogP contribution in [0, 0.1) is 0 Å². The fourth-order valence-corrected chi connectivity index (χ4v) is 3.38. The van der Waals surface area contributed by atoms with Crippen molar-refractivity contribution in [2.45, 2.75) is 39.5 Å². The highest BCUT2D eigenvalue weighted by Gasteiger charge is 2.42. The predicted octanol–water partition coefficient (Wildman–Crippen LogP) is 1.43. The molecule has 1 N–H and O–H groups in total. The molecule has 128 valence electrons. The minimum atomic E-state index is -3.37. The highest BCUT2D eigenvalue weighted by atomic mass is 31.2. The second-order valence-electron chi connectivity index (χ2n) is 4.61. The first-order valence-electron chi connectivity index (χ1n) is 7.01. The molecule has 8 nitrogen and oxygen atoms in total. The van der Waals surface area contributed by atoms with E-state index in [1.54, 1.807) is 13.8 Å². The molecule has 9 heteroatoms. The van der Waals surface area contributed by atoms with Crippen LogP contribution in [-0.2, 0) is 32.6 Å². The van der Waals surface area contributed by atoms with Gasteiger partial charge in [0, 0.05) is 5.57 Å². The summed E-state index contributed by atoms with van der Waals surface area (Å²) in [5.41, 5.74) is 0.193. The van der Waals surface area contributed by atoms with Crippen molar-refractivity contribution in [1.82, 2.24) is 0 Å². The number of hydrogen-bond acceptors (Lipinski definition) is 8. The van der Waals surface area contributed by atoms with E-state index < -0.39 is 38.9 Å². The first-order chi connectivity index (χ1) is 10.3. The Morgan fingerprint density at radius 3 is 2.32 bits per heavy atom. The van der Waals surface area contributed by atoms with Crippen LogP contribution >= 0.6 is 7.60 Å². The van der Waals surface area contributed by atoms with Crippen molar-refractivity contribution in [2.24, 2.45) is 0 Å². The van der Waals surface area contributed by atoms with E-state index in [2.05, 4.69) is 6.58 Å². The zero-order chi connectivity index (χ0) is 16.8. The molecular formula is C13H23O8P. The fraction of sp³-hybridized carbons (Fsp3) is 0.769. The number of aliphatic hydroxyl groups excluding tert-OH is 1. The van der Waals surface area contributed by atoms with Gasteiger partial charge in [0.2, 0.25) is 6.29 Å². The van der Waals surface area contributed by atoms with Crippen LogP contribution < -0.4 is 0 Å². The van der Waals surface area contributed by atoms with Crippen LogP contribution in [0.3, 0.4) is 0 Å². The SMILES string of the molecule is C=C(C)C(=O)OC1OC(CP(=O)(OCC)OCC)OC1CO. The van der Waals surface area contributed by atoms with Gasteiger partial charge < -0.3 is 28.4 Å². The molecule has 0 spiro atoms. The highest BCUT2D eigenvalue weighted by molar-refractivity contribution is 7.53. The maximum Gasteiger partial charge on any atom is 0.335 e. The molecule has 0 bridgehead atoms. The molecule has 3 atom stereocenters. The molecule has 1 fully saturated rings. The Morgan fingerprint density at radius 2 is 1.86 bits per heavy atom. The fourth-order valence-electron chi connectivity index (χ4n) is 1.77. The van der Waals surface area contributed by atoms with Crippen molar-refractivity contribution in [3.05, 3.63) is 12.2 Å². The standard InChI is InChI=1S/C13H23O8P/c1-5-17-22(16,18-6-2)8-11-19-10(7-14)13(20-11)21-12(15)9(3)4/h10-11,13-14H,3,5-8H2,1-2,4H3. The minimum absolute atomic E-state index is 0.160. The normalized spacial score (nSPS) is 25.2. The number of rotatable bonds is 9. The molecule has 3 unspecified atom stereocenters. The number of hydrogen-bond donors (Lipinski definition) is 1. The summed E-state index contributed by atoms with van der Waals surface area (Å²) in [5.74, 6) is -0.662. The summed E-state index contributed by atoms with van der Waals surface area (Å²) >= 11 is 0. The summed E-state index contributed by atoms with van der Waals surface area (Å²) in [6.45, 7) is 8.33. The summed E-state index contributed by atoms with van der Waals surface area (Å²) in [6, 6.07) is 0. The van der Waals surface area contributed by atoms with Crippen LogP contribution in [0.4, 0.5) is 0 Å². The molecule has 0 amide bonds. The average molecular weight is 338 g/mol. The zero-order valence-electron chi connectivity index (χ0n) is 13.0. The van der Waals surface area contributed by atoms with Crippen molar-refractivity contribution < 1.29 is 37.7 Å². The molecular weight excluding hydrogens is 315 g/mol. The van der Waals surface area contributed by atoms with Crippen molar-refractivity contribution in [3.8, 4) is 0 Å². The molecule has 0 saturated carbocycles. The quantitative estimate of drug-likeness (QED) is 0.383. The van der Waals surface area contributed by atoms with E-state index in [-0.39, 0.29) is 24.9 Å². The van der Waals surface area contributed by atoms with Gasteiger partial charge in [-0.15, -0.1) is 0 Å². The van der Waals surface area contributed by atoms with Gasteiger partial charge in [-0.05, 0) is 20.8 Å². The Hall–Kier alpha value is -0.760. The van der Waals surface area contributed by atoms with Gasteiger partial charge in [0.05, 0.1) is 19.8 Å². The average Bonchev–Trinajstić information content (AvgIpc) is 2.80. The molecule has 1 heterocycles. The second-order valence-corrected chi connectivity index (χ2v) is 6.71. The first-order valence-corrected chi connectivity index (χ1v) is 8.74. The molecule has 0 aromatic carbocycles. The third kappa shape index (κ3) is 5.46. The molecule has 1 rings (SSSR count). The van der Waals surface area contributed by atoms with Gasteiger partial charge in [-0.25, -0.2) is 4.79 Å². The van der Waals surface area contributed by atoms with Gasteiger partial charge in [0.25, 0.3) is 0 Å². The Labute approximate surface area is 129 Å². The summed E-state index contributed by atoms with van der Waals surface area (Å²) in [6.07, 6.45) is -3.10. The van der Waals surface area contributed by atoms with E-state index in [1.807, 2.05) is 0 Å². The van der Waals surface area contributed by atoms with Gasteiger partial charge in [0.15, 0.2) is 6.29 Å². The van der Waals surface area contributed by atoms with Crippen molar-refractivity contribution in [1.29, 1.82) is 0 Å². The predicted molar refractivity (Wildman–Crippen MR) is 77.3 cm³/mol. The highest BCUT2D eigenvalue weighted by Crippen LogP contribution is 2.49. The summed E-state index contributed by atoms with van der Waals surface area (Å²) in [4.78, 5) is 11.5. The van der Waals surface area contributed by atoms with E-state index in [1.165, 1.54) is 6.92 Å². The van der Waals surface area contributed by atoms with Crippen molar-refractivity contribution in [3.63, 3.8) is 0 Å². The minimum Gasteiger partial charge on any atom is -0.429 e. The Balaban J connectivity index is 2.68. The maximum atomic E-state index is 12.4. The molecule has 0 aliphatic carbocycles. The Morgan fingerprint density at radius 1 is 1.27 bits per heavy atom. The van der Waals surface area contributed by atoms with Crippen LogP contribution in [0.5, 0.6) is 0 Å². The van der Waals surface area contributed by atoms with Crippen LogP contribution in [-0.4, -0.2) is 55.7 Å². The molecule has 1 aliphatic heterocycles. The van der Waals surface area contributed by atoms with Crippen molar-refractivity contribution >= 4 is 13.6 Å². The van der Waals surface area contributed by atoms with E-state index in [0.29, 0.717) is 0 Å². The number of carbonyl (C=O) groups is 1. The topological polar surface area (TPSA) is 101 Å². The Bertz CT molecular complexity index is 428. The van der Waals surface area contributed by atoms with Gasteiger partial charge in [-0.1, -0.05) is 6.58 Å². The Kier molecular flexibility index (Phi) is 7.68. The van der Waals surface area contributed by atoms with E-state index in [4.69, 9.17) is 23.3 Å². The zero-order valence-corrected chi connectivity index (χ0v) is 13.9. The van der Waals surface area contributed by atoms with Gasteiger partial charge in [-0.2, -0.15) is 0 Å². The van der Waals surface area contributed by atoms with Crippen LogP contribution in [0.1, 0.15) is 20.8 Å². The molecule has 1 saturated heterocycles. The number of esters is 1. The second kappa shape index (κ2) is 8.76. The van der Waals surface area contributed by atoms with E-state index in [0.717, 1.165) is 0 Å². The third-order valence-corrected chi connectivity index (χ3v) is 4.74. The lowest BCUT2D eigenvalue weighted by Gasteiger charge is -2.19. The maximum absolute atomic E-state index is 12.4. The van der Waals surface area contributed by atoms with Crippen molar-refractivity contribution in [2.75, 3.05) is 26.0 Å². The van der Waals surface area contributed by atoms with Gasteiger partial charge in [0.1, 0.15) is 12.3 Å². The first kappa shape index (κ1) is 19.3. The molecule has 0 radical (unpaired) electrons. The lowest BCUT2D eigenvalue weighted by Crippen LogP contribution is -2.31. The smallest absolute Gasteiger partial charge is 0.335 e. The van der Waals surface area contributed by atoms with E-state index in [9.17, 15) is 14.5 Å². The largest absolute Gasteiger partial charge is 0.429 e. The van der Waals surface area contributed by atoms with Crippen LogP contribution in [0.15, 0.2) is 12.2 Å². The van der Waals surface area contributed by atoms with Gasteiger partial charge in [-0.3, -0.25) is 4.57 Å². The summed E-state index contributed by atoms with van der Waals surface area (Å²) in [5, 5.41) is 9.26. The molecule has 0 aromatic rings. The molecule has 22 heavy (non-hydrogen) atoms. The molecule has 1 aliphatic rings. The lowest BCUT2D eigenvalue weighted by atomic mass is 10.3. The monoisotopic (exact) mass is 338 g/mol. The van der Waals surface area contributed by atoms with Crippen LogP contribution in [0.25, 0.3) is 0 Å². The number of carbonyl (C=O) groups excluding carboxylic acids is 1. The molecule has 0 aromatic heterocycles. The van der Waals surface area contributed by atoms with E-state index >= 15 is 0 Å². The number of aliphatic hydroxyl groups is 1. The third-order valence-electron chi connectivity index (χ3n) is 2.69. The summed E-state index contributed by atoms with van der Waals surface area (Å²) < 4.78 is 38.5. The lowest BCUT2D eigenvalue weighted by molar-refractivity contribution is -0.173. The van der Waals surface area contributed by atoms with Gasteiger partial charge >= 0.3 is 13.6 Å².